The summed E-state index contributed by atoms with van der Waals surface area (Å²) in [6, 6.07) is 11.2. The molecule has 0 fully saturated rings. The molecule has 2 N–H and O–H groups in total. The Morgan fingerprint density at radius 1 is 1.07 bits per heavy atom. The molecule has 2 aromatic carbocycles. The molecule has 0 spiro atoms. The largest absolute Gasteiger partial charge is 0.507 e. The Balaban J connectivity index is 2.38. The van der Waals surface area contributed by atoms with Gasteiger partial charge in [0.05, 0.1) is 7.11 Å². The lowest BCUT2D eigenvalue weighted by atomic mass is 9.97. The van der Waals surface area contributed by atoms with Gasteiger partial charge in [0.25, 0.3) is 0 Å². The highest BCUT2D eigenvalue weighted by atomic mass is 16.5. The average molecular weight is 407 g/mol. The molecule has 0 amide bonds. The van der Waals surface area contributed by atoms with E-state index in [4.69, 9.17) is 4.74 Å². The number of carboxylic acids is 1. The lowest BCUT2D eigenvalue weighted by molar-refractivity contribution is 0.0693. The lowest BCUT2D eigenvalue weighted by Crippen LogP contribution is -2.04. The summed E-state index contributed by atoms with van der Waals surface area (Å²) in [6.45, 7) is 6.18. The molecule has 4 nitrogen and oxygen atoms in total. The fourth-order valence-electron chi connectivity index (χ4n) is 3.16. The zero-order valence-electron chi connectivity index (χ0n) is 18.1. The molecule has 0 radical (unpaired) electrons. The zero-order chi connectivity index (χ0) is 22.1. The Hall–Kier alpha value is -3.27. The summed E-state index contributed by atoms with van der Waals surface area (Å²) in [4.78, 5) is 11.9. The highest BCUT2D eigenvalue weighted by Gasteiger charge is 2.21. The van der Waals surface area contributed by atoms with Crippen molar-refractivity contribution in [3.8, 4) is 11.5 Å². The van der Waals surface area contributed by atoms with Crippen molar-refractivity contribution in [3.05, 3.63) is 82.0 Å². The van der Waals surface area contributed by atoms with Crippen molar-refractivity contribution in [1.29, 1.82) is 0 Å². The normalized spacial score (nSPS) is 11.5. The number of ether oxygens (including phenoxy) is 1. The number of carbonyl (C=O) groups is 1. The van der Waals surface area contributed by atoms with Gasteiger partial charge in [0, 0.05) is 5.56 Å². The van der Waals surface area contributed by atoms with Crippen LogP contribution in [0.1, 0.15) is 60.7 Å². The summed E-state index contributed by atoms with van der Waals surface area (Å²) in [5, 5.41) is 20.5. The number of hydrogen-bond donors (Lipinski definition) is 2. The third kappa shape index (κ3) is 6.38. The van der Waals surface area contributed by atoms with E-state index < -0.39 is 5.97 Å². The van der Waals surface area contributed by atoms with Gasteiger partial charge in [0.15, 0.2) is 0 Å². The molecule has 30 heavy (non-hydrogen) atoms. The van der Waals surface area contributed by atoms with Crippen molar-refractivity contribution in [2.45, 2.75) is 40.0 Å². The number of rotatable bonds is 9. The van der Waals surface area contributed by atoms with Crippen molar-refractivity contribution >= 4 is 18.1 Å². The van der Waals surface area contributed by atoms with Crippen LogP contribution in [0.15, 0.2) is 59.7 Å². The maximum absolute atomic E-state index is 11.9. The van der Waals surface area contributed by atoms with Crippen molar-refractivity contribution in [2.75, 3.05) is 7.11 Å². The van der Waals surface area contributed by atoms with Crippen LogP contribution in [0.3, 0.4) is 0 Å². The van der Waals surface area contributed by atoms with Crippen LogP contribution in [0.25, 0.3) is 12.2 Å². The van der Waals surface area contributed by atoms with Crippen LogP contribution >= 0.6 is 0 Å². The summed E-state index contributed by atoms with van der Waals surface area (Å²) in [6.07, 6.45) is 9.97. The SMILES string of the molecule is COc1cc(C=Cc2ccccc2)c(C(=O)O)c(O)c1CC=C(C)CCC=C(C)C. The zero-order valence-corrected chi connectivity index (χ0v) is 18.1. The first-order chi connectivity index (χ1) is 14.3. The molecule has 0 bridgehead atoms. The fourth-order valence-corrected chi connectivity index (χ4v) is 3.16. The van der Waals surface area contributed by atoms with Crippen molar-refractivity contribution in [3.63, 3.8) is 0 Å². The summed E-state index contributed by atoms with van der Waals surface area (Å²) in [5.41, 5.74) is 4.16. The first-order valence-corrected chi connectivity index (χ1v) is 10.0. The van der Waals surface area contributed by atoms with E-state index in [-0.39, 0.29) is 11.3 Å². The Labute approximate surface area is 178 Å². The van der Waals surface area contributed by atoms with Crippen LogP contribution in [0.4, 0.5) is 0 Å². The molecule has 2 aromatic rings. The fraction of sp³-hybridized carbons (Fsp3) is 0.269. The predicted molar refractivity (Wildman–Crippen MR) is 123 cm³/mol. The molecule has 0 saturated carbocycles. The maximum atomic E-state index is 11.9. The van der Waals surface area contributed by atoms with Crippen LogP contribution < -0.4 is 4.74 Å². The Morgan fingerprint density at radius 3 is 2.37 bits per heavy atom. The van der Waals surface area contributed by atoms with Gasteiger partial charge >= 0.3 is 5.97 Å². The van der Waals surface area contributed by atoms with Gasteiger partial charge in [0.1, 0.15) is 17.1 Å². The van der Waals surface area contributed by atoms with Crippen molar-refractivity contribution in [2.24, 2.45) is 0 Å². The highest BCUT2D eigenvalue weighted by Crippen LogP contribution is 2.36. The smallest absolute Gasteiger partial charge is 0.340 e. The maximum Gasteiger partial charge on any atom is 0.340 e. The monoisotopic (exact) mass is 406 g/mol. The Kier molecular flexibility index (Phi) is 8.48. The third-order valence-electron chi connectivity index (χ3n) is 4.83. The average Bonchev–Trinajstić information content (AvgIpc) is 2.71. The Morgan fingerprint density at radius 2 is 1.77 bits per heavy atom. The number of phenols is 1. The summed E-state index contributed by atoms with van der Waals surface area (Å²) in [7, 11) is 1.52. The van der Waals surface area contributed by atoms with E-state index >= 15 is 0 Å². The lowest BCUT2D eigenvalue weighted by Gasteiger charge is -2.14. The number of benzene rings is 2. The van der Waals surface area contributed by atoms with Crippen LogP contribution in [-0.2, 0) is 6.42 Å². The Bertz CT molecular complexity index is 962. The van der Waals surface area contributed by atoms with Crippen LogP contribution in [0.5, 0.6) is 11.5 Å². The second kappa shape index (κ2) is 11.1. The second-order valence-corrected chi connectivity index (χ2v) is 7.49. The van der Waals surface area contributed by atoms with Gasteiger partial charge in [0.2, 0.25) is 0 Å². The predicted octanol–water partition coefficient (Wildman–Crippen LogP) is 6.50. The van der Waals surface area contributed by atoms with E-state index in [0.717, 1.165) is 18.4 Å². The summed E-state index contributed by atoms with van der Waals surface area (Å²) < 4.78 is 5.47. The van der Waals surface area contributed by atoms with E-state index in [2.05, 4.69) is 19.9 Å². The van der Waals surface area contributed by atoms with Gasteiger partial charge in [-0.1, -0.05) is 65.8 Å². The molecule has 4 heteroatoms. The first kappa shape index (κ1) is 23.0. The van der Waals surface area contributed by atoms with E-state index in [1.54, 1.807) is 12.1 Å². The number of hydrogen-bond acceptors (Lipinski definition) is 3. The molecular formula is C26H30O4. The number of aromatic hydroxyl groups is 1. The molecule has 0 aliphatic carbocycles. The van der Waals surface area contributed by atoms with E-state index in [0.29, 0.717) is 23.3 Å². The molecule has 158 valence electrons. The van der Waals surface area contributed by atoms with Crippen LogP contribution in [0, 0.1) is 0 Å². The molecule has 0 aliphatic heterocycles. The molecule has 0 unspecified atom stereocenters. The molecular weight excluding hydrogens is 376 g/mol. The van der Waals surface area contributed by atoms with Gasteiger partial charge in [-0.25, -0.2) is 4.79 Å². The number of methoxy groups -OCH3 is 1. The molecule has 0 aromatic heterocycles. The number of aromatic carboxylic acids is 1. The van der Waals surface area contributed by atoms with E-state index in [1.807, 2.05) is 49.4 Å². The topological polar surface area (TPSA) is 66.8 Å². The third-order valence-corrected chi connectivity index (χ3v) is 4.83. The number of allylic oxidation sites excluding steroid dienone is 4. The second-order valence-electron chi connectivity index (χ2n) is 7.49. The minimum absolute atomic E-state index is 0.117. The minimum atomic E-state index is -1.17. The standard InChI is InChI=1S/C26H30O4/c1-18(2)9-8-10-19(3)13-16-22-23(30-4)17-21(24(25(22)27)26(28)29)15-14-20-11-6-5-7-12-20/h5-7,9,11-15,17,27H,8,10,16H2,1-4H3,(H,28,29). The molecule has 2 rings (SSSR count). The first-order valence-electron chi connectivity index (χ1n) is 10.0. The van der Waals surface area contributed by atoms with E-state index in [9.17, 15) is 15.0 Å². The van der Waals surface area contributed by atoms with Crippen LogP contribution in [0.2, 0.25) is 0 Å². The van der Waals surface area contributed by atoms with E-state index in [1.165, 1.54) is 18.3 Å². The summed E-state index contributed by atoms with van der Waals surface area (Å²) in [5.74, 6) is -0.949. The molecule has 0 aliphatic rings. The van der Waals surface area contributed by atoms with Gasteiger partial charge in [-0.15, -0.1) is 0 Å². The highest BCUT2D eigenvalue weighted by molar-refractivity contribution is 5.97. The minimum Gasteiger partial charge on any atom is -0.507 e. The summed E-state index contributed by atoms with van der Waals surface area (Å²) >= 11 is 0. The number of carboxylic acid groups (broad SMARTS) is 1. The molecule has 0 heterocycles. The van der Waals surface area contributed by atoms with Gasteiger partial charge < -0.3 is 14.9 Å². The van der Waals surface area contributed by atoms with Crippen molar-refractivity contribution < 1.29 is 19.7 Å². The van der Waals surface area contributed by atoms with Crippen molar-refractivity contribution in [1.82, 2.24) is 0 Å². The van der Waals surface area contributed by atoms with Gasteiger partial charge in [-0.05, 0) is 57.2 Å². The quantitative estimate of drug-likeness (QED) is 0.368. The van der Waals surface area contributed by atoms with Gasteiger partial charge in [-0.2, -0.15) is 0 Å². The van der Waals surface area contributed by atoms with Crippen LogP contribution in [-0.4, -0.2) is 23.3 Å². The molecule has 0 saturated heterocycles. The van der Waals surface area contributed by atoms with Gasteiger partial charge in [-0.3, -0.25) is 0 Å². The molecule has 0 atom stereocenters.